The summed E-state index contributed by atoms with van der Waals surface area (Å²) in [6.45, 7) is 0. The van der Waals surface area contributed by atoms with Gasteiger partial charge in [-0.05, 0) is 6.07 Å². The number of carbonyl (C=O) groups excluding carboxylic acids is 1. The molecule has 1 heterocycles. The number of thioether (sulfide) groups is 1. The fraction of sp³-hybridized carbons (Fsp3) is 0.167. The SMILES string of the molecule is Cn1cc(SCC(=O)c2ccccc2Br)cn1. The smallest absolute Gasteiger partial charge is 0.174 e. The summed E-state index contributed by atoms with van der Waals surface area (Å²) in [7, 11) is 1.86. The maximum Gasteiger partial charge on any atom is 0.174 e. The number of benzene rings is 1. The summed E-state index contributed by atoms with van der Waals surface area (Å²) < 4.78 is 2.57. The van der Waals surface area contributed by atoms with Crippen LogP contribution >= 0.6 is 27.7 Å². The maximum atomic E-state index is 12.0. The predicted molar refractivity (Wildman–Crippen MR) is 72.4 cm³/mol. The molecule has 17 heavy (non-hydrogen) atoms. The van der Waals surface area contributed by atoms with Gasteiger partial charge in [0.05, 0.1) is 11.9 Å². The lowest BCUT2D eigenvalue weighted by atomic mass is 10.1. The van der Waals surface area contributed by atoms with Crippen molar-refractivity contribution >= 4 is 33.5 Å². The number of ketones is 1. The van der Waals surface area contributed by atoms with Crippen molar-refractivity contribution < 1.29 is 4.79 Å². The molecular formula is C12H11BrN2OS. The molecule has 0 fully saturated rings. The second-order valence-electron chi connectivity index (χ2n) is 3.54. The van der Waals surface area contributed by atoms with Gasteiger partial charge in [-0.15, -0.1) is 11.8 Å². The minimum absolute atomic E-state index is 0.117. The number of hydrogen-bond donors (Lipinski definition) is 0. The largest absolute Gasteiger partial charge is 0.293 e. The van der Waals surface area contributed by atoms with Crippen molar-refractivity contribution in [2.45, 2.75) is 4.90 Å². The molecule has 1 aromatic heterocycles. The molecule has 0 saturated carbocycles. The van der Waals surface area contributed by atoms with E-state index in [4.69, 9.17) is 0 Å². The van der Waals surface area contributed by atoms with Crippen molar-refractivity contribution in [1.29, 1.82) is 0 Å². The van der Waals surface area contributed by atoms with Crippen LogP contribution in [0, 0.1) is 0 Å². The van der Waals surface area contributed by atoms with E-state index in [0.717, 1.165) is 14.9 Å². The van der Waals surface area contributed by atoms with Crippen molar-refractivity contribution in [3.05, 3.63) is 46.7 Å². The van der Waals surface area contributed by atoms with Gasteiger partial charge in [-0.25, -0.2) is 0 Å². The average molecular weight is 311 g/mol. The summed E-state index contributed by atoms with van der Waals surface area (Å²) in [5, 5.41) is 4.06. The highest BCUT2D eigenvalue weighted by Crippen LogP contribution is 2.21. The van der Waals surface area contributed by atoms with E-state index in [2.05, 4.69) is 21.0 Å². The zero-order valence-corrected chi connectivity index (χ0v) is 11.7. The molecule has 0 N–H and O–H groups in total. The van der Waals surface area contributed by atoms with Gasteiger partial charge in [-0.1, -0.05) is 34.1 Å². The first-order valence-corrected chi connectivity index (χ1v) is 6.84. The molecule has 0 bridgehead atoms. The monoisotopic (exact) mass is 310 g/mol. The molecule has 2 aromatic rings. The van der Waals surface area contributed by atoms with Gasteiger partial charge in [-0.3, -0.25) is 9.48 Å². The van der Waals surface area contributed by atoms with E-state index >= 15 is 0 Å². The first-order chi connectivity index (χ1) is 8.16. The number of hydrogen-bond acceptors (Lipinski definition) is 3. The zero-order valence-electron chi connectivity index (χ0n) is 9.26. The summed E-state index contributed by atoms with van der Waals surface area (Å²) in [6.07, 6.45) is 3.66. The second kappa shape index (κ2) is 5.51. The molecule has 0 aliphatic heterocycles. The molecular weight excluding hydrogens is 300 g/mol. The second-order valence-corrected chi connectivity index (χ2v) is 5.44. The molecule has 88 valence electrons. The van der Waals surface area contributed by atoms with Crippen molar-refractivity contribution in [1.82, 2.24) is 9.78 Å². The summed E-state index contributed by atoms with van der Waals surface area (Å²) >= 11 is 4.88. The number of Topliss-reactive ketones (excluding diaryl/α,β-unsaturated/α-hetero) is 1. The number of nitrogens with zero attached hydrogens (tertiary/aromatic N) is 2. The molecule has 5 heteroatoms. The van der Waals surface area contributed by atoms with Crippen LogP contribution in [0.3, 0.4) is 0 Å². The van der Waals surface area contributed by atoms with E-state index in [1.54, 1.807) is 10.9 Å². The Labute approximate surface area is 112 Å². The highest BCUT2D eigenvalue weighted by atomic mass is 79.9. The molecule has 3 nitrogen and oxygen atoms in total. The number of rotatable bonds is 4. The summed E-state index contributed by atoms with van der Waals surface area (Å²) in [5.41, 5.74) is 0.726. The van der Waals surface area contributed by atoms with Crippen LogP contribution in [0.2, 0.25) is 0 Å². The van der Waals surface area contributed by atoms with Crippen LogP contribution in [-0.2, 0) is 7.05 Å². The molecule has 0 spiro atoms. The number of aryl methyl sites for hydroxylation is 1. The third kappa shape index (κ3) is 3.20. The van der Waals surface area contributed by atoms with Gasteiger partial charge in [0, 0.05) is 28.2 Å². The maximum absolute atomic E-state index is 12.0. The third-order valence-electron chi connectivity index (χ3n) is 2.23. The van der Waals surface area contributed by atoms with Crippen LogP contribution in [0.5, 0.6) is 0 Å². The molecule has 0 atom stereocenters. The Morgan fingerprint density at radius 2 is 2.24 bits per heavy atom. The minimum atomic E-state index is 0.117. The predicted octanol–water partition coefficient (Wildman–Crippen LogP) is 3.16. The minimum Gasteiger partial charge on any atom is -0.293 e. The van der Waals surface area contributed by atoms with E-state index in [9.17, 15) is 4.79 Å². The van der Waals surface area contributed by atoms with Crippen LogP contribution in [0.1, 0.15) is 10.4 Å². The Hall–Kier alpha value is -1.07. The van der Waals surface area contributed by atoms with E-state index in [-0.39, 0.29) is 5.78 Å². The van der Waals surface area contributed by atoms with Crippen LogP contribution in [0.4, 0.5) is 0 Å². The number of aromatic nitrogens is 2. The Morgan fingerprint density at radius 3 is 2.88 bits per heavy atom. The zero-order chi connectivity index (χ0) is 12.3. The molecule has 0 radical (unpaired) electrons. The van der Waals surface area contributed by atoms with Crippen LogP contribution in [0.15, 0.2) is 46.0 Å². The van der Waals surface area contributed by atoms with Gasteiger partial charge in [0.2, 0.25) is 0 Å². The molecule has 0 saturated heterocycles. The fourth-order valence-corrected chi connectivity index (χ4v) is 2.70. The van der Waals surface area contributed by atoms with Crippen molar-refractivity contribution in [3.63, 3.8) is 0 Å². The van der Waals surface area contributed by atoms with Crippen molar-refractivity contribution in [2.24, 2.45) is 7.05 Å². The summed E-state index contributed by atoms with van der Waals surface area (Å²) in [6, 6.07) is 7.47. The quantitative estimate of drug-likeness (QED) is 0.642. The lowest BCUT2D eigenvalue weighted by Gasteiger charge is -2.02. The molecule has 0 aliphatic carbocycles. The summed E-state index contributed by atoms with van der Waals surface area (Å²) in [4.78, 5) is 13.0. The van der Waals surface area contributed by atoms with Gasteiger partial charge in [-0.2, -0.15) is 5.10 Å². The van der Waals surface area contributed by atoms with Gasteiger partial charge < -0.3 is 0 Å². The van der Waals surface area contributed by atoms with Crippen LogP contribution in [0.25, 0.3) is 0 Å². The Balaban J connectivity index is 2.01. The van der Waals surface area contributed by atoms with Crippen LogP contribution in [-0.4, -0.2) is 21.3 Å². The lowest BCUT2D eigenvalue weighted by Crippen LogP contribution is -2.02. The highest BCUT2D eigenvalue weighted by molar-refractivity contribution is 9.10. The molecule has 0 amide bonds. The van der Waals surface area contributed by atoms with Gasteiger partial charge >= 0.3 is 0 Å². The van der Waals surface area contributed by atoms with E-state index < -0.39 is 0 Å². The molecule has 0 unspecified atom stereocenters. The Kier molecular flexibility index (Phi) is 4.02. The standard InChI is InChI=1S/C12H11BrN2OS/c1-15-7-9(6-14-15)17-8-12(16)10-4-2-3-5-11(10)13/h2-7H,8H2,1H3. The van der Waals surface area contributed by atoms with Gasteiger partial charge in [0.1, 0.15) is 0 Å². The first kappa shape index (κ1) is 12.4. The first-order valence-electron chi connectivity index (χ1n) is 5.06. The van der Waals surface area contributed by atoms with Crippen molar-refractivity contribution in [2.75, 3.05) is 5.75 Å². The third-order valence-corrected chi connectivity index (χ3v) is 3.87. The van der Waals surface area contributed by atoms with E-state index in [1.165, 1.54) is 11.8 Å². The van der Waals surface area contributed by atoms with Crippen molar-refractivity contribution in [3.8, 4) is 0 Å². The Morgan fingerprint density at radius 1 is 1.47 bits per heavy atom. The topological polar surface area (TPSA) is 34.9 Å². The Bertz CT molecular complexity index is 539. The number of carbonyl (C=O) groups is 1. The molecule has 1 aromatic carbocycles. The van der Waals surface area contributed by atoms with E-state index in [0.29, 0.717) is 5.75 Å². The van der Waals surface area contributed by atoms with Gasteiger partial charge in [0.15, 0.2) is 5.78 Å². The highest BCUT2D eigenvalue weighted by Gasteiger charge is 2.10. The fourth-order valence-electron chi connectivity index (χ4n) is 1.39. The van der Waals surface area contributed by atoms with Gasteiger partial charge in [0.25, 0.3) is 0 Å². The average Bonchev–Trinajstić information content (AvgIpc) is 2.73. The normalized spacial score (nSPS) is 10.5. The molecule has 0 aliphatic rings. The van der Waals surface area contributed by atoms with Crippen LogP contribution < -0.4 is 0 Å². The lowest BCUT2D eigenvalue weighted by molar-refractivity contribution is 0.102. The molecule has 2 rings (SSSR count). The summed E-state index contributed by atoms with van der Waals surface area (Å²) in [5.74, 6) is 0.542. The van der Waals surface area contributed by atoms with E-state index in [1.807, 2.05) is 37.5 Å². The number of halogens is 1.